The van der Waals surface area contributed by atoms with Gasteiger partial charge in [0.25, 0.3) is 5.95 Å². The van der Waals surface area contributed by atoms with Gasteiger partial charge in [-0.25, -0.2) is 0 Å². The number of carbonyl (C=O) groups excluding carboxylic acids is 2. The summed E-state index contributed by atoms with van der Waals surface area (Å²) in [5.41, 5.74) is -1.04. The Balaban J connectivity index is 1.80. The Morgan fingerprint density at radius 3 is 2.62 bits per heavy atom. The maximum atomic E-state index is 13.1. The molecule has 0 aromatic carbocycles. The van der Waals surface area contributed by atoms with Crippen LogP contribution in [0.5, 0.6) is 0 Å². The number of carbonyl (C=O) groups is 2. The Bertz CT molecular complexity index is 737. The van der Waals surface area contributed by atoms with Crippen LogP contribution < -0.4 is 0 Å². The standard InChI is InChI=1S/C21H28O5/c1-12-9-14(23)13-10-16-20(3,26-18(13)25-12)8-5-15-19(2,11-22)7-6-17(24)21(15,16)4/h6-7,12,15-16,22H,5,8-11H2,1-4H3/t12-,15-,16-,19+,20-,21+/m1/s1. The summed E-state index contributed by atoms with van der Waals surface area (Å²) in [7, 11) is 0. The van der Waals surface area contributed by atoms with Gasteiger partial charge in [0.1, 0.15) is 11.7 Å². The van der Waals surface area contributed by atoms with Crippen molar-refractivity contribution in [2.75, 3.05) is 6.61 Å². The van der Waals surface area contributed by atoms with Crippen LogP contribution in [0.15, 0.2) is 23.7 Å². The van der Waals surface area contributed by atoms with Crippen molar-refractivity contribution in [3.63, 3.8) is 0 Å². The van der Waals surface area contributed by atoms with Crippen LogP contribution in [0.25, 0.3) is 0 Å². The van der Waals surface area contributed by atoms with Crippen LogP contribution in [0, 0.1) is 22.7 Å². The monoisotopic (exact) mass is 360 g/mol. The molecule has 0 unspecified atom stereocenters. The number of aliphatic hydroxyl groups is 1. The van der Waals surface area contributed by atoms with Gasteiger partial charge in [0.2, 0.25) is 0 Å². The SMILES string of the molecule is C[C@@H]1CC(=O)C2=C(O1)O[C@]1(C)CC[C@H]3[C@](C)(C(=O)C=C[C@@]3(C)CO)[C@@H]1C2. The first-order valence-electron chi connectivity index (χ1n) is 9.60. The number of aliphatic hydroxyl groups excluding tert-OH is 1. The van der Waals surface area contributed by atoms with E-state index in [-0.39, 0.29) is 36.1 Å². The molecule has 26 heavy (non-hydrogen) atoms. The van der Waals surface area contributed by atoms with Gasteiger partial charge in [-0.2, -0.15) is 0 Å². The van der Waals surface area contributed by atoms with Crippen molar-refractivity contribution in [2.24, 2.45) is 22.7 Å². The van der Waals surface area contributed by atoms with Crippen molar-refractivity contribution in [1.82, 2.24) is 0 Å². The van der Waals surface area contributed by atoms with Crippen molar-refractivity contribution in [1.29, 1.82) is 0 Å². The zero-order valence-corrected chi connectivity index (χ0v) is 16.0. The first-order valence-corrected chi connectivity index (χ1v) is 9.60. The maximum Gasteiger partial charge on any atom is 0.286 e. The molecule has 2 aliphatic carbocycles. The molecule has 0 amide bonds. The van der Waals surface area contributed by atoms with E-state index >= 15 is 0 Å². The topological polar surface area (TPSA) is 72.8 Å². The third-order valence-electron chi connectivity index (χ3n) is 7.50. The number of Topliss-reactive ketones (excluding diaryl/α,β-unsaturated/α-hetero) is 1. The Morgan fingerprint density at radius 1 is 1.19 bits per heavy atom. The number of ether oxygens (including phenoxy) is 2. The van der Waals surface area contributed by atoms with E-state index in [2.05, 4.69) is 0 Å². The van der Waals surface area contributed by atoms with Gasteiger partial charge in [-0.1, -0.05) is 19.9 Å². The Hall–Kier alpha value is -1.62. The summed E-state index contributed by atoms with van der Waals surface area (Å²) in [6.07, 6.45) is 5.75. The zero-order valence-electron chi connectivity index (χ0n) is 16.0. The van der Waals surface area contributed by atoms with Gasteiger partial charge in [-0.3, -0.25) is 9.59 Å². The average Bonchev–Trinajstić information content (AvgIpc) is 2.57. The second-order valence-electron chi connectivity index (χ2n) is 9.23. The van der Waals surface area contributed by atoms with Crippen LogP contribution in [-0.2, 0) is 19.1 Å². The molecule has 0 aromatic rings. The largest absolute Gasteiger partial charge is 0.462 e. The number of hydrogen-bond donors (Lipinski definition) is 1. The van der Waals surface area contributed by atoms with E-state index in [1.807, 2.05) is 33.8 Å². The van der Waals surface area contributed by atoms with Gasteiger partial charge in [-0.15, -0.1) is 0 Å². The van der Waals surface area contributed by atoms with E-state index in [1.165, 1.54) is 0 Å². The molecule has 0 aromatic heterocycles. The van der Waals surface area contributed by atoms with Gasteiger partial charge >= 0.3 is 0 Å². The van der Waals surface area contributed by atoms with Gasteiger partial charge in [-0.05, 0) is 45.1 Å². The van der Waals surface area contributed by atoms with Gasteiger partial charge in [0.15, 0.2) is 11.6 Å². The van der Waals surface area contributed by atoms with Crippen LogP contribution in [-0.4, -0.2) is 35.0 Å². The second-order valence-corrected chi connectivity index (χ2v) is 9.23. The molecule has 0 saturated heterocycles. The molecule has 4 rings (SSSR count). The summed E-state index contributed by atoms with van der Waals surface area (Å²) in [4.78, 5) is 25.7. The van der Waals surface area contributed by atoms with E-state index in [9.17, 15) is 14.7 Å². The van der Waals surface area contributed by atoms with Crippen molar-refractivity contribution in [3.05, 3.63) is 23.7 Å². The highest BCUT2D eigenvalue weighted by Crippen LogP contribution is 2.63. The van der Waals surface area contributed by atoms with E-state index in [1.54, 1.807) is 6.08 Å². The van der Waals surface area contributed by atoms with E-state index in [0.717, 1.165) is 12.8 Å². The van der Waals surface area contributed by atoms with Crippen molar-refractivity contribution >= 4 is 11.6 Å². The summed E-state index contributed by atoms with van der Waals surface area (Å²) in [5, 5.41) is 10.0. The average molecular weight is 360 g/mol. The fourth-order valence-corrected chi connectivity index (χ4v) is 5.91. The molecule has 0 spiro atoms. The van der Waals surface area contributed by atoms with Crippen LogP contribution in [0.2, 0.25) is 0 Å². The number of ketones is 2. The summed E-state index contributed by atoms with van der Waals surface area (Å²) in [6.45, 7) is 7.95. The first kappa shape index (κ1) is 17.8. The molecule has 1 N–H and O–H groups in total. The third kappa shape index (κ3) is 2.19. The lowest BCUT2D eigenvalue weighted by molar-refractivity contribution is -0.204. The van der Waals surface area contributed by atoms with Crippen LogP contribution in [0.4, 0.5) is 0 Å². The lowest BCUT2D eigenvalue weighted by Crippen LogP contribution is -2.63. The summed E-state index contributed by atoms with van der Waals surface area (Å²) in [5.74, 6) is 0.430. The molecule has 2 aliphatic heterocycles. The Morgan fingerprint density at radius 2 is 1.92 bits per heavy atom. The summed E-state index contributed by atoms with van der Waals surface area (Å²) in [6, 6.07) is 0. The highest BCUT2D eigenvalue weighted by molar-refractivity contribution is 5.98. The van der Waals surface area contributed by atoms with Crippen LogP contribution in [0.1, 0.15) is 53.4 Å². The molecule has 0 radical (unpaired) electrons. The van der Waals surface area contributed by atoms with Crippen LogP contribution >= 0.6 is 0 Å². The number of rotatable bonds is 1. The Labute approximate surface area is 154 Å². The molecule has 1 fully saturated rings. The predicted octanol–water partition coefficient (Wildman–Crippen LogP) is 2.92. The zero-order chi connectivity index (χ0) is 18.9. The minimum Gasteiger partial charge on any atom is -0.462 e. The van der Waals surface area contributed by atoms with Crippen LogP contribution in [0.3, 0.4) is 0 Å². The van der Waals surface area contributed by atoms with Gasteiger partial charge < -0.3 is 14.6 Å². The molecule has 5 heteroatoms. The van der Waals surface area contributed by atoms with E-state index in [4.69, 9.17) is 9.47 Å². The van der Waals surface area contributed by atoms with Crippen molar-refractivity contribution in [2.45, 2.75) is 65.1 Å². The fraction of sp³-hybridized carbons (Fsp3) is 0.714. The molecular formula is C21H28O5. The Kier molecular flexibility index (Phi) is 3.72. The smallest absolute Gasteiger partial charge is 0.286 e. The van der Waals surface area contributed by atoms with E-state index in [0.29, 0.717) is 24.4 Å². The predicted molar refractivity (Wildman–Crippen MR) is 95.0 cm³/mol. The molecular weight excluding hydrogens is 332 g/mol. The second kappa shape index (κ2) is 5.44. The minimum absolute atomic E-state index is 0.00876. The molecule has 4 aliphatic rings. The number of hydrogen-bond acceptors (Lipinski definition) is 5. The fourth-order valence-electron chi connectivity index (χ4n) is 5.91. The summed E-state index contributed by atoms with van der Waals surface area (Å²) < 4.78 is 12.1. The van der Waals surface area contributed by atoms with Crippen molar-refractivity contribution < 1.29 is 24.2 Å². The molecule has 0 bridgehead atoms. The quantitative estimate of drug-likeness (QED) is 0.778. The lowest BCUT2D eigenvalue weighted by Gasteiger charge is -2.60. The highest BCUT2D eigenvalue weighted by atomic mass is 16.7. The highest BCUT2D eigenvalue weighted by Gasteiger charge is 2.64. The number of fused-ring (bicyclic) bond motifs is 3. The lowest BCUT2D eigenvalue weighted by atomic mass is 9.45. The molecule has 2 heterocycles. The third-order valence-corrected chi connectivity index (χ3v) is 7.50. The number of allylic oxidation sites excluding steroid dienone is 2. The molecule has 6 atom stereocenters. The van der Waals surface area contributed by atoms with Gasteiger partial charge in [0, 0.05) is 23.2 Å². The van der Waals surface area contributed by atoms with Crippen molar-refractivity contribution in [3.8, 4) is 0 Å². The molecule has 142 valence electrons. The molecule has 5 nitrogen and oxygen atoms in total. The van der Waals surface area contributed by atoms with Gasteiger partial charge in [0.05, 0.1) is 12.2 Å². The maximum absolute atomic E-state index is 13.1. The summed E-state index contributed by atoms with van der Waals surface area (Å²) >= 11 is 0. The minimum atomic E-state index is -0.666. The first-order chi connectivity index (χ1) is 12.1. The molecule has 1 saturated carbocycles. The van der Waals surface area contributed by atoms with E-state index < -0.39 is 16.4 Å². The normalized spacial score (nSPS) is 47.5.